The molecule has 3 aromatic rings. The first-order chi connectivity index (χ1) is 16.6. The maximum Gasteiger partial charge on any atom is 0.360 e. The molecule has 2 aromatic carbocycles. The van der Waals surface area contributed by atoms with Gasteiger partial charge in [-0.3, -0.25) is 4.79 Å². The van der Waals surface area contributed by atoms with Crippen LogP contribution in [0.1, 0.15) is 75.6 Å². The van der Waals surface area contributed by atoms with E-state index in [0.717, 1.165) is 12.2 Å². The number of carbonyl (C=O) groups is 1. The number of ether oxygens (including phenoxy) is 2. The van der Waals surface area contributed by atoms with Crippen molar-refractivity contribution in [2.24, 2.45) is 0 Å². The average molecular weight is 466 g/mol. The number of carbonyl (C=O) groups excluding carboxylic acids is 1. The van der Waals surface area contributed by atoms with Crippen molar-refractivity contribution in [1.82, 2.24) is 0 Å². The number of benzene rings is 2. The highest BCUT2D eigenvalue weighted by atomic mass is 16.5. The van der Waals surface area contributed by atoms with Gasteiger partial charge < -0.3 is 19.2 Å². The van der Waals surface area contributed by atoms with E-state index in [-0.39, 0.29) is 11.6 Å². The molecule has 0 aliphatic carbocycles. The second-order valence-corrected chi connectivity index (χ2v) is 8.38. The van der Waals surface area contributed by atoms with Gasteiger partial charge in [-0.1, -0.05) is 51.9 Å². The number of unbranched alkanes of at least 4 members (excludes halogenated alkanes) is 7. The van der Waals surface area contributed by atoms with Gasteiger partial charge in [0.25, 0.3) is 5.91 Å². The molecule has 1 amide bonds. The lowest BCUT2D eigenvalue weighted by molar-refractivity contribution is 0.102. The topological polar surface area (TPSA) is 77.8 Å². The SMILES string of the molecule is CCCCCCCCCCOc1ccc(C(=O)Nc2cc3ccc(OCC)cc3oc2=O)cc1. The standard InChI is InChI=1S/C28H35NO5/c1-3-5-6-7-8-9-10-11-18-33-23-15-12-21(13-16-23)27(30)29-25-19-22-14-17-24(32-4-2)20-26(22)34-28(25)31/h12-17,19-20H,3-11,18H2,1-2H3,(H,29,30). The van der Waals surface area contributed by atoms with Gasteiger partial charge in [0.05, 0.1) is 13.2 Å². The maximum absolute atomic E-state index is 12.6. The summed E-state index contributed by atoms with van der Waals surface area (Å²) in [5.41, 5.74) is 0.328. The third kappa shape index (κ3) is 7.65. The Morgan fingerprint density at radius 3 is 2.21 bits per heavy atom. The van der Waals surface area contributed by atoms with Crippen LogP contribution in [0.4, 0.5) is 5.69 Å². The highest BCUT2D eigenvalue weighted by molar-refractivity contribution is 6.04. The third-order valence-corrected chi connectivity index (χ3v) is 5.65. The lowest BCUT2D eigenvalue weighted by Crippen LogP contribution is -2.17. The lowest BCUT2D eigenvalue weighted by Gasteiger charge is -2.09. The first-order valence-electron chi connectivity index (χ1n) is 12.4. The second kappa shape index (κ2) is 13.4. The van der Waals surface area contributed by atoms with Crippen molar-refractivity contribution in [3.8, 4) is 11.5 Å². The summed E-state index contributed by atoms with van der Waals surface area (Å²) < 4.78 is 16.6. The Balaban J connectivity index is 1.48. The monoisotopic (exact) mass is 465 g/mol. The van der Waals surface area contributed by atoms with E-state index in [4.69, 9.17) is 13.9 Å². The smallest absolute Gasteiger partial charge is 0.360 e. The second-order valence-electron chi connectivity index (χ2n) is 8.38. The van der Waals surface area contributed by atoms with Crippen molar-refractivity contribution in [2.45, 2.75) is 65.2 Å². The molecule has 34 heavy (non-hydrogen) atoms. The Bertz CT molecular complexity index is 1100. The molecule has 0 unspecified atom stereocenters. The summed E-state index contributed by atoms with van der Waals surface area (Å²) in [6, 6.07) is 13.8. The van der Waals surface area contributed by atoms with E-state index in [9.17, 15) is 9.59 Å². The molecule has 0 radical (unpaired) electrons. The van der Waals surface area contributed by atoms with Crippen LogP contribution in [0.25, 0.3) is 11.0 Å². The summed E-state index contributed by atoms with van der Waals surface area (Å²) in [5, 5.41) is 3.34. The van der Waals surface area contributed by atoms with Gasteiger partial charge >= 0.3 is 5.63 Å². The Morgan fingerprint density at radius 2 is 1.50 bits per heavy atom. The minimum absolute atomic E-state index is 0.0941. The Hall–Kier alpha value is -3.28. The highest BCUT2D eigenvalue weighted by Gasteiger charge is 2.12. The molecule has 0 fully saturated rings. The van der Waals surface area contributed by atoms with E-state index in [2.05, 4.69) is 12.2 Å². The van der Waals surface area contributed by atoms with Crippen molar-refractivity contribution < 1.29 is 18.7 Å². The molecule has 1 N–H and O–H groups in total. The van der Waals surface area contributed by atoms with Crippen LogP contribution in [0.5, 0.6) is 11.5 Å². The highest BCUT2D eigenvalue weighted by Crippen LogP contribution is 2.22. The van der Waals surface area contributed by atoms with Gasteiger partial charge in [-0.2, -0.15) is 0 Å². The van der Waals surface area contributed by atoms with Crippen molar-refractivity contribution in [3.63, 3.8) is 0 Å². The van der Waals surface area contributed by atoms with Crippen molar-refractivity contribution in [3.05, 3.63) is 64.5 Å². The van der Waals surface area contributed by atoms with Crippen LogP contribution in [0.3, 0.4) is 0 Å². The molecular weight excluding hydrogens is 430 g/mol. The van der Waals surface area contributed by atoms with Crippen LogP contribution in [-0.2, 0) is 0 Å². The van der Waals surface area contributed by atoms with Crippen LogP contribution in [0.15, 0.2) is 57.7 Å². The molecule has 0 aliphatic rings. The number of hydrogen-bond acceptors (Lipinski definition) is 5. The molecule has 0 saturated heterocycles. The zero-order valence-electron chi connectivity index (χ0n) is 20.2. The quantitative estimate of drug-likeness (QED) is 0.206. The van der Waals surface area contributed by atoms with E-state index in [1.165, 1.54) is 44.9 Å². The van der Waals surface area contributed by atoms with Gasteiger partial charge in [0.1, 0.15) is 22.8 Å². The molecule has 1 heterocycles. The number of rotatable bonds is 14. The van der Waals surface area contributed by atoms with Crippen LogP contribution in [-0.4, -0.2) is 19.1 Å². The van der Waals surface area contributed by atoms with Gasteiger partial charge in [-0.25, -0.2) is 4.79 Å². The molecule has 3 rings (SSSR count). The van der Waals surface area contributed by atoms with E-state index in [1.807, 2.05) is 6.92 Å². The first kappa shape index (κ1) is 25.3. The van der Waals surface area contributed by atoms with Crippen molar-refractivity contribution in [2.75, 3.05) is 18.5 Å². The van der Waals surface area contributed by atoms with Gasteiger partial charge in [-0.05, 0) is 55.8 Å². The van der Waals surface area contributed by atoms with Crippen LogP contribution in [0, 0.1) is 0 Å². The largest absolute Gasteiger partial charge is 0.494 e. The maximum atomic E-state index is 12.6. The lowest BCUT2D eigenvalue weighted by atomic mass is 10.1. The van der Waals surface area contributed by atoms with Crippen LogP contribution >= 0.6 is 0 Å². The fourth-order valence-electron chi connectivity index (χ4n) is 3.76. The molecule has 182 valence electrons. The minimum Gasteiger partial charge on any atom is -0.494 e. The molecule has 0 spiro atoms. The summed E-state index contributed by atoms with van der Waals surface area (Å²) in [5.74, 6) is 0.974. The van der Waals surface area contributed by atoms with E-state index in [1.54, 1.807) is 48.5 Å². The Labute approximate surface area is 201 Å². The molecule has 0 atom stereocenters. The Kier molecular flexibility index (Phi) is 10.0. The normalized spacial score (nSPS) is 10.9. The summed E-state index contributed by atoms with van der Waals surface area (Å²) >= 11 is 0. The molecular formula is C28H35NO5. The molecule has 0 aliphatic heterocycles. The van der Waals surface area contributed by atoms with Crippen molar-refractivity contribution >= 4 is 22.6 Å². The summed E-state index contributed by atoms with van der Waals surface area (Å²) in [6.07, 6.45) is 10.0. The number of nitrogens with one attached hydrogen (secondary N) is 1. The zero-order chi connectivity index (χ0) is 24.2. The van der Waals surface area contributed by atoms with E-state index >= 15 is 0 Å². The predicted octanol–water partition coefficient (Wildman–Crippen LogP) is 6.96. The average Bonchev–Trinajstić information content (AvgIpc) is 2.84. The van der Waals surface area contributed by atoms with Crippen LogP contribution in [0.2, 0.25) is 0 Å². The fourth-order valence-corrected chi connectivity index (χ4v) is 3.76. The molecule has 0 bridgehead atoms. The van der Waals surface area contributed by atoms with Crippen molar-refractivity contribution in [1.29, 1.82) is 0 Å². The summed E-state index contributed by atoms with van der Waals surface area (Å²) in [4.78, 5) is 25.0. The predicted molar refractivity (Wildman–Crippen MR) is 136 cm³/mol. The third-order valence-electron chi connectivity index (χ3n) is 5.65. The molecule has 6 heteroatoms. The molecule has 0 saturated carbocycles. The number of hydrogen-bond donors (Lipinski definition) is 1. The first-order valence-corrected chi connectivity index (χ1v) is 12.4. The van der Waals surface area contributed by atoms with Gasteiger partial charge in [-0.15, -0.1) is 0 Å². The summed E-state index contributed by atoms with van der Waals surface area (Å²) in [6.45, 7) is 5.31. The Morgan fingerprint density at radius 1 is 0.824 bits per heavy atom. The van der Waals surface area contributed by atoms with E-state index in [0.29, 0.717) is 35.5 Å². The summed E-state index contributed by atoms with van der Waals surface area (Å²) in [7, 11) is 0. The minimum atomic E-state index is -0.611. The number of fused-ring (bicyclic) bond motifs is 1. The van der Waals surface area contributed by atoms with Crippen LogP contribution < -0.4 is 20.4 Å². The molecule has 1 aromatic heterocycles. The molecule has 6 nitrogen and oxygen atoms in total. The van der Waals surface area contributed by atoms with E-state index < -0.39 is 5.63 Å². The zero-order valence-corrected chi connectivity index (χ0v) is 20.2. The number of amides is 1. The van der Waals surface area contributed by atoms with Gasteiger partial charge in [0, 0.05) is 17.0 Å². The van der Waals surface area contributed by atoms with Gasteiger partial charge in [0.2, 0.25) is 0 Å². The van der Waals surface area contributed by atoms with Gasteiger partial charge in [0.15, 0.2) is 0 Å². The number of anilines is 1. The fraction of sp³-hybridized carbons (Fsp3) is 0.429.